The second-order valence-corrected chi connectivity index (χ2v) is 5.69. The monoisotopic (exact) mass is 280 g/mol. The van der Waals surface area contributed by atoms with Crippen molar-refractivity contribution in [3.63, 3.8) is 0 Å². The quantitative estimate of drug-likeness (QED) is 0.792. The van der Waals surface area contributed by atoms with Crippen LogP contribution in [0.2, 0.25) is 0 Å². The highest BCUT2D eigenvalue weighted by Crippen LogP contribution is 2.23. The molecule has 1 saturated carbocycles. The van der Waals surface area contributed by atoms with E-state index in [4.69, 9.17) is 4.42 Å². The zero-order valence-electron chi connectivity index (χ0n) is 12.2. The Morgan fingerprint density at radius 2 is 2.20 bits per heavy atom. The molecular weight excluding hydrogens is 256 g/mol. The third kappa shape index (κ3) is 4.27. The predicted molar refractivity (Wildman–Crippen MR) is 76.4 cm³/mol. The fourth-order valence-electron chi connectivity index (χ4n) is 2.78. The van der Waals surface area contributed by atoms with Crippen molar-refractivity contribution in [1.82, 2.24) is 10.6 Å². The van der Waals surface area contributed by atoms with Gasteiger partial charge in [-0.05, 0) is 45.1 Å². The van der Waals surface area contributed by atoms with Gasteiger partial charge in [0.05, 0.1) is 6.10 Å². The molecule has 2 rings (SSSR count). The van der Waals surface area contributed by atoms with Crippen molar-refractivity contribution in [3.05, 3.63) is 23.2 Å². The maximum atomic E-state index is 11.7. The van der Waals surface area contributed by atoms with Crippen LogP contribution in [0.4, 0.5) is 4.79 Å². The summed E-state index contributed by atoms with van der Waals surface area (Å²) in [4.78, 5) is 11.7. The molecule has 3 N–H and O–H groups in total. The Hall–Kier alpha value is -1.49. The molecule has 20 heavy (non-hydrogen) atoms. The molecule has 5 heteroatoms. The smallest absolute Gasteiger partial charge is 0.315 e. The van der Waals surface area contributed by atoms with E-state index in [0.717, 1.165) is 42.8 Å². The van der Waals surface area contributed by atoms with Crippen LogP contribution in [-0.2, 0) is 6.54 Å². The molecule has 5 nitrogen and oxygen atoms in total. The van der Waals surface area contributed by atoms with Crippen molar-refractivity contribution in [3.8, 4) is 0 Å². The van der Waals surface area contributed by atoms with Crippen LogP contribution in [0.15, 0.2) is 10.5 Å². The summed E-state index contributed by atoms with van der Waals surface area (Å²) in [6, 6.07) is 1.77. The van der Waals surface area contributed by atoms with Gasteiger partial charge in [-0.25, -0.2) is 4.79 Å². The average molecular weight is 280 g/mol. The first-order chi connectivity index (χ1) is 9.54. The predicted octanol–water partition coefficient (Wildman–Crippen LogP) is 2.25. The zero-order chi connectivity index (χ0) is 14.5. The molecule has 1 heterocycles. The van der Waals surface area contributed by atoms with Crippen LogP contribution >= 0.6 is 0 Å². The lowest BCUT2D eigenvalue weighted by Crippen LogP contribution is -2.39. The fraction of sp³-hybridized carbons (Fsp3) is 0.667. The molecular formula is C15H24N2O3. The second kappa shape index (κ2) is 6.79. The summed E-state index contributed by atoms with van der Waals surface area (Å²) in [5, 5.41) is 15.3. The highest BCUT2D eigenvalue weighted by molar-refractivity contribution is 5.73. The Morgan fingerprint density at radius 1 is 1.40 bits per heavy atom. The number of rotatable bonds is 4. The van der Waals surface area contributed by atoms with Crippen LogP contribution in [0.25, 0.3) is 0 Å². The molecule has 1 aliphatic carbocycles. The van der Waals surface area contributed by atoms with Gasteiger partial charge in [-0.2, -0.15) is 0 Å². The molecule has 2 atom stereocenters. The molecule has 0 saturated heterocycles. The highest BCUT2D eigenvalue weighted by atomic mass is 16.3. The van der Waals surface area contributed by atoms with Gasteiger partial charge in [0.1, 0.15) is 11.5 Å². The highest BCUT2D eigenvalue weighted by Gasteiger charge is 2.20. The molecule has 112 valence electrons. The van der Waals surface area contributed by atoms with Crippen LogP contribution in [0.3, 0.4) is 0 Å². The first-order valence-corrected chi connectivity index (χ1v) is 7.30. The van der Waals surface area contributed by atoms with Gasteiger partial charge in [0, 0.05) is 18.7 Å². The van der Waals surface area contributed by atoms with E-state index in [1.807, 2.05) is 19.9 Å². The molecule has 1 fully saturated rings. The van der Waals surface area contributed by atoms with Gasteiger partial charge in [-0.15, -0.1) is 0 Å². The Morgan fingerprint density at radius 3 is 2.85 bits per heavy atom. The van der Waals surface area contributed by atoms with E-state index in [1.54, 1.807) is 0 Å². The molecule has 2 amide bonds. The molecule has 0 spiro atoms. The van der Waals surface area contributed by atoms with Gasteiger partial charge in [0.2, 0.25) is 0 Å². The van der Waals surface area contributed by atoms with Gasteiger partial charge >= 0.3 is 6.03 Å². The summed E-state index contributed by atoms with van der Waals surface area (Å²) in [7, 11) is 0. The fourth-order valence-corrected chi connectivity index (χ4v) is 2.78. The van der Waals surface area contributed by atoms with E-state index >= 15 is 0 Å². The van der Waals surface area contributed by atoms with Crippen molar-refractivity contribution < 1.29 is 14.3 Å². The summed E-state index contributed by atoms with van der Waals surface area (Å²) >= 11 is 0. The molecule has 0 radical (unpaired) electrons. The minimum absolute atomic E-state index is 0.164. The summed E-state index contributed by atoms with van der Waals surface area (Å²) < 4.78 is 5.41. The Bertz CT molecular complexity index is 456. The maximum absolute atomic E-state index is 11.7. The number of carbonyl (C=O) groups is 1. The van der Waals surface area contributed by atoms with Gasteiger partial charge < -0.3 is 20.2 Å². The third-order valence-electron chi connectivity index (χ3n) is 3.89. The molecule has 1 aromatic heterocycles. The number of urea groups is 1. The van der Waals surface area contributed by atoms with E-state index in [2.05, 4.69) is 10.6 Å². The molecule has 0 aromatic carbocycles. The minimum atomic E-state index is -0.199. The lowest BCUT2D eigenvalue weighted by atomic mass is 9.87. The molecule has 2 unspecified atom stereocenters. The number of nitrogens with one attached hydrogen (secondary N) is 2. The first-order valence-electron chi connectivity index (χ1n) is 7.30. The Labute approximate surface area is 119 Å². The van der Waals surface area contributed by atoms with Crippen LogP contribution in [-0.4, -0.2) is 23.8 Å². The number of carbonyl (C=O) groups excluding carboxylic acids is 1. The maximum Gasteiger partial charge on any atom is 0.315 e. The number of amides is 2. The summed E-state index contributed by atoms with van der Waals surface area (Å²) in [6.45, 7) is 4.89. The Balaban J connectivity index is 1.69. The molecule has 0 bridgehead atoms. The molecule has 0 aliphatic heterocycles. The summed E-state index contributed by atoms with van der Waals surface area (Å²) in [5.74, 6) is 2.09. The number of aliphatic hydroxyl groups is 1. The lowest BCUT2D eigenvalue weighted by molar-refractivity contribution is 0.101. The van der Waals surface area contributed by atoms with Crippen LogP contribution in [0.5, 0.6) is 0 Å². The largest absolute Gasteiger partial charge is 0.466 e. The second-order valence-electron chi connectivity index (χ2n) is 5.69. The number of hydrogen-bond donors (Lipinski definition) is 3. The summed E-state index contributed by atoms with van der Waals surface area (Å²) in [6.07, 6.45) is 3.61. The van der Waals surface area contributed by atoms with E-state index in [9.17, 15) is 9.90 Å². The third-order valence-corrected chi connectivity index (χ3v) is 3.89. The first kappa shape index (κ1) is 14.9. The Kier molecular flexibility index (Phi) is 5.06. The van der Waals surface area contributed by atoms with Crippen molar-refractivity contribution in [2.24, 2.45) is 5.92 Å². The van der Waals surface area contributed by atoms with Crippen LogP contribution < -0.4 is 10.6 Å². The van der Waals surface area contributed by atoms with E-state index in [-0.39, 0.29) is 12.1 Å². The van der Waals surface area contributed by atoms with Gasteiger partial charge in [-0.1, -0.05) is 6.42 Å². The summed E-state index contributed by atoms with van der Waals surface area (Å²) in [5.41, 5.74) is 1.01. The van der Waals surface area contributed by atoms with Crippen molar-refractivity contribution in [1.29, 1.82) is 0 Å². The lowest BCUT2D eigenvalue weighted by Gasteiger charge is -2.25. The van der Waals surface area contributed by atoms with E-state index in [0.29, 0.717) is 19.0 Å². The van der Waals surface area contributed by atoms with Crippen molar-refractivity contribution in [2.45, 2.75) is 52.2 Å². The SMILES string of the molecule is Cc1cc(CNC(=O)NCC2CCCC(O)C2)c(C)o1. The van der Waals surface area contributed by atoms with Crippen LogP contribution in [0, 0.1) is 19.8 Å². The standard InChI is InChI=1S/C15H24N2O3/c1-10-6-13(11(2)20-10)9-17-15(19)16-8-12-4-3-5-14(18)7-12/h6,12,14,18H,3-5,7-9H2,1-2H3,(H2,16,17,19). The average Bonchev–Trinajstić information content (AvgIpc) is 2.72. The number of furan rings is 1. The van der Waals surface area contributed by atoms with Crippen molar-refractivity contribution >= 4 is 6.03 Å². The van der Waals surface area contributed by atoms with Crippen LogP contribution in [0.1, 0.15) is 42.8 Å². The molecule has 1 aromatic rings. The van der Waals surface area contributed by atoms with Gasteiger partial charge in [0.15, 0.2) is 0 Å². The van der Waals surface area contributed by atoms with Gasteiger partial charge in [-0.3, -0.25) is 0 Å². The van der Waals surface area contributed by atoms with Crippen molar-refractivity contribution in [2.75, 3.05) is 6.54 Å². The molecule has 1 aliphatic rings. The minimum Gasteiger partial charge on any atom is -0.466 e. The number of aliphatic hydroxyl groups excluding tert-OH is 1. The van der Waals surface area contributed by atoms with E-state index in [1.165, 1.54) is 0 Å². The zero-order valence-corrected chi connectivity index (χ0v) is 12.2. The normalized spacial score (nSPS) is 22.6. The number of hydrogen-bond acceptors (Lipinski definition) is 3. The topological polar surface area (TPSA) is 74.5 Å². The van der Waals surface area contributed by atoms with E-state index < -0.39 is 0 Å². The number of aryl methyl sites for hydroxylation is 2. The van der Waals surface area contributed by atoms with Gasteiger partial charge in [0.25, 0.3) is 0 Å².